The van der Waals surface area contributed by atoms with Crippen LogP contribution in [0.1, 0.15) is 18.4 Å². The summed E-state index contributed by atoms with van der Waals surface area (Å²) in [6.45, 7) is 1.88. The first-order chi connectivity index (χ1) is 6.58. The Morgan fingerprint density at radius 1 is 1.43 bits per heavy atom. The third-order valence-corrected chi connectivity index (χ3v) is 3.19. The van der Waals surface area contributed by atoms with Gasteiger partial charge < -0.3 is 10.8 Å². The molecule has 0 heterocycles. The summed E-state index contributed by atoms with van der Waals surface area (Å²) in [7, 11) is 0. The maximum atomic E-state index is 11.0. The third-order valence-electron chi connectivity index (χ3n) is 3.19. The minimum atomic E-state index is -1.05. The number of carboxylic acid groups (broad SMARTS) is 1. The number of carboxylic acids is 1. The Bertz CT molecular complexity index is 363. The quantitative estimate of drug-likeness (QED) is 0.738. The monoisotopic (exact) mass is 191 g/mol. The van der Waals surface area contributed by atoms with E-state index in [1.54, 1.807) is 0 Å². The average Bonchev–Trinajstić information content (AvgIpc) is 2.73. The van der Waals surface area contributed by atoms with Crippen LogP contribution in [-0.2, 0) is 4.79 Å². The Labute approximate surface area is 82.5 Å². The Morgan fingerprint density at radius 3 is 2.43 bits per heavy atom. The van der Waals surface area contributed by atoms with Gasteiger partial charge in [0, 0.05) is 5.92 Å². The molecule has 1 aliphatic carbocycles. The Balaban J connectivity index is 2.29. The molecule has 74 valence electrons. The second kappa shape index (κ2) is 2.82. The highest BCUT2D eigenvalue weighted by Gasteiger charge is 2.65. The lowest BCUT2D eigenvalue weighted by molar-refractivity contribution is -0.140. The molecule has 0 spiro atoms. The van der Waals surface area contributed by atoms with E-state index in [1.807, 2.05) is 37.3 Å². The van der Waals surface area contributed by atoms with Crippen LogP contribution < -0.4 is 5.73 Å². The molecule has 1 aliphatic rings. The third kappa shape index (κ3) is 1.06. The number of nitrogens with two attached hydrogens (primary N) is 1. The van der Waals surface area contributed by atoms with Gasteiger partial charge in [-0.1, -0.05) is 37.3 Å². The van der Waals surface area contributed by atoms with Crippen LogP contribution in [0.3, 0.4) is 0 Å². The molecule has 14 heavy (non-hydrogen) atoms. The summed E-state index contributed by atoms with van der Waals surface area (Å²) in [4.78, 5) is 11.0. The fraction of sp³-hybridized carbons (Fsp3) is 0.364. The minimum Gasteiger partial charge on any atom is -0.480 e. The number of hydrogen-bond acceptors (Lipinski definition) is 2. The number of benzene rings is 1. The maximum Gasteiger partial charge on any atom is 0.324 e. The van der Waals surface area contributed by atoms with E-state index in [-0.39, 0.29) is 11.8 Å². The molecule has 1 aromatic rings. The molecule has 3 heteroatoms. The molecule has 1 saturated carbocycles. The molecule has 0 aromatic heterocycles. The van der Waals surface area contributed by atoms with E-state index in [0.717, 1.165) is 5.56 Å². The molecule has 3 unspecified atom stereocenters. The highest BCUT2D eigenvalue weighted by molar-refractivity contribution is 5.85. The summed E-state index contributed by atoms with van der Waals surface area (Å²) in [6.07, 6.45) is 0. The predicted molar refractivity (Wildman–Crippen MR) is 52.9 cm³/mol. The van der Waals surface area contributed by atoms with Crippen molar-refractivity contribution in [2.24, 2.45) is 11.7 Å². The fourth-order valence-corrected chi connectivity index (χ4v) is 2.14. The van der Waals surface area contributed by atoms with Gasteiger partial charge in [-0.25, -0.2) is 0 Å². The molecule has 0 radical (unpaired) electrons. The lowest BCUT2D eigenvalue weighted by atomic mass is 10.1. The first-order valence-electron chi connectivity index (χ1n) is 4.65. The average molecular weight is 191 g/mol. The van der Waals surface area contributed by atoms with Crippen LogP contribution >= 0.6 is 0 Å². The molecule has 0 amide bonds. The van der Waals surface area contributed by atoms with Crippen LogP contribution in [-0.4, -0.2) is 16.6 Å². The molecular weight excluding hydrogens is 178 g/mol. The van der Waals surface area contributed by atoms with E-state index in [1.165, 1.54) is 0 Å². The molecule has 3 atom stereocenters. The summed E-state index contributed by atoms with van der Waals surface area (Å²) < 4.78 is 0. The molecule has 0 aliphatic heterocycles. The van der Waals surface area contributed by atoms with Gasteiger partial charge in [-0.2, -0.15) is 0 Å². The molecule has 3 nitrogen and oxygen atoms in total. The van der Waals surface area contributed by atoms with Gasteiger partial charge in [0.05, 0.1) is 0 Å². The molecule has 3 N–H and O–H groups in total. The number of rotatable bonds is 2. The predicted octanol–water partition coefficient (Wildman–Crippen LogP) is 1.20. The summed E-state index contributed by atoms with van der Waals surface area (Å²) >= 11 is 0. The number of hydrogen-bond donors (Lipinski definition) is 2. The van der Waals surface area contributed by atoms with Crippen LogP contribution in [0.4, 0.5) is 0 Å². The van der Waals surface area contributed by atoms with Gasteiger partial charge in [-0.05, 0) is 11.5 Å². The Morgan fingerprint density at radius 2 is 2.00 bits per heavy atom. The zero-order valence-corrected chi connectivity index (χ0v) is 7.97. The molecular formula is C11H13NO2. The van der Waals surface area contributed by atoms with Crippen molar-refractivity contribution in [3.63, 3.8) is 0 Å². The SMILES string of the molecule is CC1C(c2ccccc2)C1(N)C(=O)O. The summed E-state index contributed by atoms with van der Waals surface area (Å²) in [5.74, 6) is -0.928. The van der Waals surface area contributed by atoms with Crippen LogP contribution in [0.25, 0.3) is 0 Å². The van der Waals surface area contributed by atoms with Crippen molar-refractivity contribution in [3.8, 4) is 0 Å². The van der Waals surface area contributed by atoms with Gasteiger partial charge in [0.1, 0.15) is 5.54 Å². The Hall–Kier alpha value is -1.35. The second-order valence-electron chi connectivity index (χ2n) is 3.92. The van der Waals surface area contributed by atoms with Gasteiger partial charge in [-0.15, -0.1) is 0 Å². The zero-order chi connectivity index (χ0) is 10.3. The first-order valence-corrected chi connectivity index (χ1v) is 4.65. The van der Waals surface area contributed by atoms with Crippen molar-refractivity contribution in [2.45, 2.75) is 18.4 Å². The molecule has 2 rings (SSSR count). The van der Waals surface area contributed by atoms with Crippen molar-refractivity contribution in [3.05, 3.63) is 35.9 Å². The molecule has 1 fully saturated rings. The van der Waals surface area contributed by atoms with Gasteiger partial charge in [-0.3, -0.25) is 4.79 Å². The van der Waals surface area contributed by atoms with E-state index in [9.17, 15) is 4.79 Å². The van der Waals surface area contributed by atoms with Gasteiger partial charge in [0.25, 0.3) is 0 Å². The van der Waals surface area contributed by atoms with Gasteiger partial charge in [0.15, 0.2) is 0 Å². The lowest BCUT2D eigenvalue weighted by Crippen LogP contribution is -2.36. The van der Waals surface area contributed by atoms with E-state index in [4.69, 9.17) is 10.8 Å². The molecule has 0 bridgehead atoms. The van der Waals surface area contributed by atoms with Crippen molar-refractivity contribution >= 4 is 5.97 Å². The van der Waals surface area contributed by atoms with E-state index in [0.29, 0.717) is 0 Å². The first kappa shape index (κ1) is 9.21. The van der Waals surface area contributed by atoms with Crippen molar-refractivity contribution in [1.29, 1.82) is 0 Å². The highest BCUT2D eigenvalue weighted by Crippen LogP contribution is 2.55. The minimum absolute atomic E-state index is 0.0161. The molecule has 1 aromatic carbocycles. The highest BCUT2D eigenvalue weighted by atomic mass is 16.4. The Kier molecular flexibility index (Phi) is 1.86. The largest absolute Gasteiger partial charge is 0.480 e. The molecule has 0 saturated heterocycles. The number of carbonyl (C=O) groups is 1. The van der Waals surface area contributed by atoms with Crippen LogP contribution in [0.2, 0.25) is 0 Å². The fourth-order valence-electron chi connectivity index (χ4n) is 2.14. The van der Waals surface area contributed by atoms with E-state index in [2.05, 4.69) is 0 Å². The zero-order valence-electron chi connectivity index (χ0n) is 7.97. The van der Waals surface area contributed by atoms with Crippen molar-refractivity contribution in [2.75, 3.05) is 0 Å². The topological polar surface area (TPSA) is 63.3 Å². The standard InChI is InChI=1S/C11H13NO2/c1-7-9(11(7,12)10(13)14)8-5-3-2-4-6-8/h2-7,9H,12H2,1H3,(H,13,14). The van der Waals surface area contributed by atoms with Crippen LogP contribution in [0, 0.1) is 5.92 Å². The maximum absolute atomic E-state index is 11.0. The van der Waals surface area contributed by atoms with Crippen LogP contribution in [0.15, 0.2) is 30.3 Å². The summed E-state index contributed by atoms with van der Waals surface area (Å²) in [5, 5.41) is 8.99. The van der Waals surface area contributed by atoms with E-state index < -0.39 is 11.5 Å². The smallest absolute Gasteiger partial charge is 0.324 e. The normalized spacial score (nSPS) is 35.3. The van der Waals surface area contributed by atoms with Crippen molar-refractivity contribution < 1.29 is 9.90 Å². The van der Waals surface area contributed by atoms with E-state index >= 15 is 0 Å². The van der Waals surface area contributed by atoms with Crippen LogP contribution in [0.5, 0.6) is 0 Å². The van der Waals surface area contributed by atoms with Gasteiger partial charge in [0.2, 0.25) is 0 Å². The summed E-state index contributed by atoms with van der Waals surface area (Å²) in [5.41, 5.74) is 5.77. The summed E-state index contributed by atoms with van der Waals surface area (Å²) in [6, 6.07) is 9.58. The number of aliphatic carboxylic acids is 1. The van der Waals surface area contributed by atoms with Crippen molar-refractivity contribution in [1.82, 2.24) is 0 Å². The van der Waals surface area contributed by atoms with Gasteiger partial charge >= 0.3 is 5.97 Å². The lowest BCUT2D eigenvalue weighted by Gasteiger charge is -2.04. The second-order valence-corrected chi connectivity index (χ2v) is 3.92.